The van der Waals surface area contributed by atoms with Gasteiger partial charge in [-0.15, -0.1) is 0 Å². The smallest absolute Gasteiger partial charge is 0.407 e. The normalized spacial score (nSPS) is 19.8. The summed E-state index contributed by atoms with van der Waals surface area (Å²) in [5, 5.41) is 2.86. The molecule has 0 aliphatic heterocycles. The average molecular weight is 185 g/mol. The molecule has 1 unspecified atom stereocenters. The largest absolute Gasteiger partial charge is 0.450 e. The molecule has 1 amide bonds. The van der Waals surface area contributed by atoms with Gasteiger partial charge in [0.15, 0.2) is 0 Å². The molecule has 1 fully saturated rings. The van der Waals surface area contributed by atoms with Crippen LogP contribution in [0.5, 0.6) is 0 Å². The number of carbonyl (C=O) groups excluding carboxylic acids is 1. The fourth-order valence-electron chi connectivity index (χ4n) is 1.93. The Morgan fingerprint density at radius 3 is 2.69 bits per heavy atom. The minimum atomic E-state index is -0.276. The molecule has 1 aliphatic carbocycles. The molecular weight excluding hydrogens is 166 g/mol. The minimum Gasteiger partial charge on any atom is -0.450 e. The van der Waals surface area contributed by atoms with Crippen LogP contribution in [0.15, 0.2) is 0 Å². The molecule has 13 heavy (non-hydrogen) atoms. The summed E-state index contributed by atoms with van der Waals surface area (Å²) in [5.74, 6) is 0.657. The van der Waals surface area contributed by atoms with Crippen LogP contribution in [0.4, 0.5) is 4.79 Å². The van der Waals surface area contributed by atoms with Gasteiger partial charge in [-0.25, -0.2) is 4.79 Å². The van der Waals surface area contributed by atoms with Crippen LogP contribution in [-0.4, -0.2) is 18.7 Å². The first-order valence-electron chi connectivity index (χ1n) is 5.17. The highest BCUT2D eigenvalue weighted by Gasteiger charge is 2.22. The number of hydrogen-bond donors (Lipinski definition) is 1. The maximum absolute atomic E-state index is 11.1. The first kappa shape index (κ1) is 10.4. The molecule has 0 aromatic rings. The van der Waals surface area contributed by atoms with Crippen molar-refractivity contribution in [1.82, 2.24) is 5.32 Å². The first-order chi connectivity index (χ1) is 6.24. The van der Waals surface area contributed by atoms with Gasteiger partial charge < -0.3 is 10.1 Å². The summed E-state index contributed by atoms with van der Waals surface area (Å²) in [6, 6.07) is 0.265. The highest BCUT2D eigenvalue weighted by atomic mass is 16.5. The van der Waals surface area contributed by atoms with Gasteiger partial charge in [-0.1, -0.05) is 12.8 Å². The lowest BCUT2D eigenvalue weighted by atomic mass is 10.0. The van der Waals surface area contributed by atoms with Crippen LogP contribution in [0, 0.1) is 5.92 Å². The summed E-state index contributed by atoms with van der Waals surface area (Å²) in [5.41, 5.74) is 0. The van der Waals surface area contributed by atoms with E-state index in [2.05, 4.69) is 12.2 Å². The minimum absolute atomic E-state index is 0.265. The molecule has 0 bridgehead atoms. The van der Waals surface area contributed by atoms with Gasteiger partial charge in [0.05, 0.1) is 6.61 Å². The third-order valence-corrected chi connectivity index (χ3v) is 2.73. The van der Waals surface area contributed by atoms with Gasteiger partial charge in [0.25, 0.3) is 0 Å². The molecule has 3 nitrogen and oxygen atoms in total. The second-order valence-corrected chi connectivity index (χ2v) is 3.70. The Morgan fingerprint density at radius 2 is 2.15 bits per heavy atom. The number of hydrogen-bond acceptors (Lipinski definition) is 2. The van der Waals surface area contributed by atoms with E-state index >= 15 is 0 Å². The predicted octanol–water partition coefficient (Wildman–Crippen LogP) is 2.31. The summed E-state index contributed by atoms with van der Waals surface area (Å²) < 4.78 is 4.82. The van der Waals surface area contributed by atoms with E-state index in [9.17, 15) is 4.79 Å². The molecule has 0 aromatic carbocycles. The lowest BCUT2D eigenvalue weighted by molar-refractivity contribution is 0.145. The van der Waals surface area contributed by atoms with Crippen molar-refractivity contribution in [1.29, 1.82) is 0 Å². The molecule has 0 spiro atoms. The van der Waals surface area contributed by atoms with E-state index in [0.717, 1.165) is 0 Å². The number of carbonyl (C=O) groups is 1. The van der Waals surface area contributed by atoms with Crippen LogP contribution in [0.2, 0.25) is 0 Å². The van der Waals surface area contributed by atoms with Crippen molar-refractivity contribution < 1.29 is 9.53 Å². The van der Waals surface area contributed by atoms with E-state index in [1.54, 1.807) is 0 Å². The number of amides is 1. The lowest BCUT2D eigenvalue weighted by Crippen LogP contribution is -2.37. The topological polar surface area (TPSA) is 38.3 Å². The Labute approximate surface area is 79.8 Å². The fraction of sp³-hybridized carbons (Fsp3) is 0.900. The Hall–Kier alpha value is -0.730. The summed E-state index contributed by atoms with van der Waals surface area (Å²) in [4.78, 5) is 11.1. The molecule has 1 aliphatic rings. The molecule has 1 atom stereocenters. The van der Waals surface area contributed by atoms with Gasteiger partial charge in [0.1, 0.15) is 0 Å². The average Bonchev–Trinajstić information content (AvgIpc) is 2.55. The third kappa shape index (κ3) is 3.25. The van der Waals surface area contributed by atoms with Gasteiger partial charge in [-0.2, -0.15) is 0 Å². The zero-order valence-corrected chi connectivity index (χ0v) is 8.51. The van der Waals surface area contributed by atoms with Crippen LogP contribution in [0.3, 0.4) is 0 Å². The molecule has 0 heterocycles. The van der Waals surface area contributed by atoms with Crippen LogP contribution < -0.4 is 5.32 Å². The molecule has 0 aromatic heterocycles. The van der Waals surface area contributed by atoms with E-state index in [1.807, 2.05) is 6.92 Å². The van der Waals surface area contributed by atoms with Gasteiger partial charge in [-0.05, 0) is 32.6 Å². The van der Waals surface area contributed by atoms with Crippen molar-refractivity contribution in [3.8, 4) is 0 Å². The number of ether oxygens (including phenoxy) is 1. The summed E-state index contributed by atoms with van der Waals surface area (Å²) in [6.07, 6.45) is 4.82. The monoisotopic (exact) mass is 185 g/mol. The number of nitrogens with one attached hydrogen (secondary N) is 1. The van der Waals surface area contributed by atoms with E-state index < -0.39 is 0 Å². The number of alkyl carbamates (subject to hydrolysis) is 1. The standard InChI is InChI=1S/C10H19NO2/c1-3-13-10(12)11-8(2)9-6-4-5-7-9/h8-9H,3-7H2,1-2H3,(H,11,12). The van der Waals surface area contributed by atoms with Gasteiger partial charge in [-0.3, -0.25) is 0 Å². The van der Waals surface area contributed by atoms with Gasteiger partial charge >= 0.3 is 6.09 Å². The maximum Gasteiger partial charge on any atom is 0.407 e. The molecular formula is C10H19NO2. The summed E-state index contributed by atoms with van der Waals surface area (Å²) in [6.45, 7) is 4.33. The fourth-order valence-corrected chi connectivity index (χ4v) is 1.93. The first-order valence-corrected chi connectivity index (χ1v) is 5.17. The summed E-state index contributed by atoms with van der Waals surface area (Å²) >= 11 is 0. The second kappa shape index (κ2) is 5.10. The second-order valence-electron chi connectivity index (χ2n) is 3.70. The van der Waals surface area contributed by atoms with Crippen molar-refractivity contribution in [2.24, 2.45) is 5.92 Å². The van der Waals surface area contributed by atoms with E-state index in [4.69, 9.17) is 4.74 Å². The molecule has 0 radical (unpaired) electrons. The van der Waals surface area contributed by atoms with Crippen LogP contribution in [0.25, 0.3) is 0 Å². The Balaban J connectivity index is 2.22. The molecule has 0 saturated heterocycles. The maximum atomic E-state index is 11.1. The highest BCUT2D eigenvalue weighted by molar-refractivity contribution is 5.67. The predicted molar refractivity (Wildman–Crippen MR) is 51.6 cm³/mol. The van der Waals surface area contributed by atoms with Crippen molar-refractivity contribution in [2.45, 2.75) is 45.6 Å². The Bertz CT molecular complexity index is 164. The van der Waals surface area contributed by atoms with Crippen LogP contribution in [-0.2, 0) is 4.74 Å². The molecule has 1 N–H and O–H groups in total. The Morgan fingerprint density at radius 1 is 1.54 bits per heavy atom. The third-order valence-electron chi connectivity index (χ3n) is 2.73. The van der Waals surface area contributed by atoms with E-state index in [1.165, 1.54) is 25.7 Å². The molecule has 1 rings (SSSR count). The van der Waals surface area contributed by atoms with Crippen molar-refractivity contribution in [3.63, 3.8) is 0 Å². The van der Waals surface area contributed by atoms with Gasteiger partial charge in [0.2, 0.25) is 0 Å². The zero-order chi connectivity index (χ0) is 9.68. The van der Waals surface area contributed by atoms with E-state index in [0.29, 0.717) is 12.5 Å². The highest BCUT2D eigenvalue weighted by Crippen LogP contribution is 2.27. The molecule has 76 valence electrons. The van der Waals surface area contributed by atoms with Crippen molar-refractivity contribution >= 4 is 6.09 Å². The van der Waals surface area contributed by atoms with Crippen LogP contribution in [0.1, 0.15) is 39.5 Å². The molecule has 1 saturated carbocycles. The lowest BCUT2D eigenvalue weighted by Gasteiger charge is -2.19. The van der Waals surface area contributed by atoms with Gasteiger partial charge in [0, 0.05) is 6.04 Å². The van der Waals surface area contributed by atoms with E-state index in [-0.39, 0.29) is 12.1 Å². The Kier molecular flexibility index (Phi) is 4.06. The summed E-state index contributed by atoms with van der Waals surface area (Å²) in [7, 11) is 0. The van der Waals surface area contributed by atoms with Crippen molar-refractivity contribution in [3.05, 3.63) is 0 Å². The quantitative estimate of drug-likeness (QED) is 0.732. The number of rotatable bonds is 3. The molecule has 3 heteroatoms. The zero-order valence-electron chi connectivity index (χ0n) is 8.51. The SMILES string of the molecule is CCOC(=O)NC(C)C1CCCC1. The van der Waals surface area contributed by atoms with Crippen molar-refractivity contribution in [2.75, 3.05) is 6.61 Å². The van der Waals surface area contributed by atoms with Crippen LogP contribution >= 0.6 is 0 Å².